The Morgan fingerprint density at radius 1 is 1.19 bits per heavy atom. The largest absolute Gasteiger partial charge is 0.493 e. The van der Waals surface area contributed by atoms with Crippen molar-refractivity contribution in [1.29, 1.82) is 0 Å². The number of hydrogen-bond donors (Lipinski definition) is 0. The average Bonchev–Trinajstić information content (AvgIpc) is 3.00. The Bertz CT molecular complexity index is 679. The van der Waals surface area contributed by atoms with Crippen LogP contribution in [0, 0.1) is 0 Å². The zero-order valence-corrected chi connectivity index (χ0v) is 13.2. The lowest BCUT2D eigenvalue weighted by Crippen LogP contribution is -2.38. The summed E-state index contributed by atoms with van der Waals surface area (Å²) in [6.45, 7) is 2.09. The Morgan fingerprint density at radius 3 is 2.90 bits per heavy atom. The molecule has 3 heterocycles. The first-order valence-electron chi connectivity index (χ1n) is 7.35. The number of rotatable bonds is 2. The minimum atomic E-state index is 0.533. The van der Waals surface area contributed by atoms with Crippen molar-refractivity contribution in [1.82, 2.24) is 4.90 Å². The molecule has 0 amide bonds. The van der Waals surface area contributed by atoms with Crippen LogP contribution >= 0.6 is 11.3 Å². The Kier molecular flexibility index (Phi) is 3.16. The van der Waals surface area contributed by atoms with Crippen molar-refractivity contribution in [2.75, 3.05) is 20.8 Å². The van der Waals surface area contributed by atoms with Gasteiger partial charge in [0.1, 0.15) is 0 Å². The van der Waals surface area contributed by atoms with E-state index in [0.717, 1.165) is 31.0 Å². The van der Waals surface area contributed by atoms with Gasteiger partial charge in [0.2, 0.25) is 0 Å². The molecule has 2 aromatic rings. The van der Waals surface area contributed by atoms with E-state index in [1.807, 2.05) is 17.4 Å². The molecule has 1 aromatic heterocycles. The number of ether oxygens (including phenoxy) is 2. The van der Waals surface area contributed by atoms with Crippen molar-refractivity contribution in [2.24, 2.45) is 0 Å². The van der Waals surface area contributed by atoms with E-state index >= 15 is 0 Å². The lowest BCUT2D eigenvalue weighted by atomic mass is 9.87. The fourth-order valence-electron chi connectivity index (χ4n) is 3.68. The van der Waals surface area contributed by atoms with E-state index in [0.29, 0.717) is 6.04 Å². The highest BCUT2D eigenvalue weighted by molar-refractivity contribution is 7.10. The van der Waals surface area contributed by atoms with Gasteiger partial charge in [-0.3, -0.25) is 4.90 Å². The Labute approximate surface area is 129 Å². The van der Waals surface area contributed by atoms with Crippen molar-refractivity contribution in [3.05, 3.63) is 45.1 Å². The van der Waals surface area contributed by atoms with Gasteiger partial charge in [-0.2, -0.15) is 0 Å². The second-order valence-electron chi connectivity index (χ2n) is 5.68. The normalized spacial score (nSPS) is 20.4. The third kappa shape index (κ3) is 1.97. The van der Waals surface area contributed by atoms with Crippen LogP contribution in [0.5, 0.6) is 11.5 Å². The number of fused-ring (bicyclic) bond motifs is 4. The highest BCUT2D eigenvalue weighted by atomic mass is 32.1. The summed E-state index contributed by atoms with van der Waals surface area (Å²) in [5.41, 5.74) is 4.23. The van der Waals surface area contributed by atoms with Crippen LogP contribution in [-0.4, -0.2) is 25.7 Å². The van der Waals surface area contributed by atoms with Gasteiger partial charge in [-0.25, -0.2) is 0 Å². The molecule has 1 atom stereocenters. The number of thiophene rings is 1. The Balaban J connectivity index is 1.78. The zero-order chi connectivity index (χ0) is 14.4. The second kappa shape index (κ2) is 5.04. The molecule has 0 N–H and O–H groups in total. The van der Waals surface area contributed by atoms with Gasteiger partial charge in [0.05, 0.1) is 14.2 Å². The highest BCUT2D eigenvalue weighted by Crippen LogP contribution is 2.44. The number of hydrogen-bond acceptors (Lipinski definition) is 4. The van der Waals surface area contributed by atoms with Crippen LogP contribution in [0.4, 0.5) is 0 Å². The lowest BCUT2D eigenvalue weighted by molar-refractivity contribution is 0.159. The van der Waals surface area contributed by atoms with Gasteiger partial charge < -0.3 is 9.47 Å². The number of benzene rings is 1. The van der Waals surface area contributed by atoms with Gasteiger partial charge in [0, 0.05) is 29.6 Å². The molecule has 0 bridgehead atoms. The van der Waals surface area contributed by atoms with Gasteiger partial charge in [0.25, 0.3) is 0 Å². The van der Waals surface area contributed by atoms with E-state index in [2.05, 4.69) is 22.4 Å². The van der Waals surface area contributed by atoms with Gasteiger partial charge in [0.15, 0.2) is 11.5 Å². The van der Waals surface area contributed by atoms with E-state index in [9.17, 15) is 0 Å². The van der Waals surface area contributed by atoms with Crippen molar-refractivity contribution in [3.63, 3.8) is 0 Å². The van der Waals surface area contributed by atoms with Gasteiger partial charge in [-0.05, 0) is 41.5 Å². The third-order valence-corrected chi connectivity index (χ3v) is 5.72. The van der Waals surface area contributed by atoms with E-state index in [-0.39, 0.29) is 0 Å². The summed E-state index contributed by atoms with van der Waals surface area (Å²) in [5.74, 6) is 1.74. The molecule has 0 unspecified atom stereocenters. The standard InChI is InChI=1S/C17H19NO2S/c1-19-15-4-3-11-9-14-12-6-8-21-16(12)5-7-18(14)10-13(11)17(15)20-2/h3-4,6,8,14H,5,7,9-10H2,1-2H3/t14-/m0/s1. The van der Waals surface area contributed by atoms with Crippen LogP contribution in [0.3, 0.4) is 0 Å². The van der Waals surface area contributed by atoms with Crippen molar-refractivity contribution < 1.29 is 9.47 Å². The van der Waals surface area contributed by atoms with Crippen LogP contribution in [0.15, 0.2) is 23.6 Å². The Morgan fingerprint density at radius 2 is 2.10 bits per heavy atom. The van der Waals surface area contributed by atoms with Crippen LogP contribution in [-0.2, 0) is 19.4 Å². The first kappa shape index (κ1) is 13.2. The average molecular weight is 301 g/mol. The van der Waals surface area contributed by atoms with E-state index < -0.39 is 0 Å². The van der Waals surface area contributed by atoms with Crippen molar-refractivity contribution in [3.8, 4) is 11.5 Å². The topological polar surface area (TPSA) is 21.7 Å². The monoisotopic (exact) mass is 301 g/mol. The maximum Gasteiger partial charge on any atom is 0.165 e. The predicted octanol–water partition coefficient (Wildman–Crippen LogP) is 3.42. The molecule has 0 aliphatic carbocycles. The summed E-state index contributed by atoms with van der Waals surface area (Å²) in [7, 11) is 3.44. The number of nitrogens with zero attached hydrogens (tertiary/aromatic N) is 1. The molecule has 110 valence electrons. The number of methoxy groups -OCH3 is 2. The third-order valence-electron chi connectivity index (χ3n) is 4.73. The molecule has 3 nitrogen and oxygen atoms in total. The molecular weight excluding hydrogens is 282 g/mol. The zero-order valence-electron chi connectivity index (χ0n) is 12.4. The molecule has 4 heteroatoms. The maximum absolute atomic E-state index is 5.62. The molecular formula is C17H19NO2S. The van der Waals surface area contributed by atoms with Crippen LogP contribution < -0.4 is 9.47 Å². The van der Waals surface area contributed by atoms with Crippen LogP contribution in [0.1, 0.15) is 27.6 Å². The first-order chi connectivity index (χ1) is 10.3. The summed E-state index contributed by atoms with van der Waals surface area (Å²) < 4.78 is 11.1. The maximum atomic E-state index is 5.62. The summed E-state index contributed by atoms with van der Waals surface area (Å²) in [4.78, 5) is 4.15. The molecule has 0 saturated heterocycles. The summed E-state index contributed by atoms with van der Waals surface area (Å²) in [5, 5.41) is 2.23. The van der Waals surface area contributed by atoms with Crippen molar-refractivity contribution in [2.45, 2.75) is 25.4 Å². The minimum Gasteiger partial charge on any atom is -0.493 e. The molecule has 0 fully saturated rings. The molecule has 4 rings (SSSR count). The Hall–Kier alpha value is -1.52. The molecule has 21 heavy (non-hydrogen) atoms. The first-order valence-corrected chi connectivity index (χ1v) is 8.23. The fraction of sp³-hybridized carbons (Fsp3) is 0.412. The minimum absolute atomic E-state index is 0.533. The molecule has 0 radical (unpaired) electrons. The molecule has 0 spiro atoms. The van der Waals surface area contributed by atoms with Gasteiger partial charge in [-0.15, -0.1) is 11.3 Å². The SMILES string of the molecule is COc1ccc2c(c1OC)CN1CCc3sccc3[C@@H]1C2. The predicted molar refractivity (Wildman–Crippen MR) is 84.4 cm³/mol. The molecule has 0 saturated carbocycles. The lowest BCUT2D eigenvalue weighted by Gasteiger charge is -2.40. The fourth-order valence-corrected chi connectivity index (χ4v) is 4.61. The van der Waals surface area contributed by atoms with Crippen molar-refractivity contribution >= 4 is 11.3 Å². The molecule has 1 aromatic carbocycles. The van der Waals surface area contributed by atoms with E-state index in [4.69, 9.17) is 9.47 Å². The van der Waals surface area contributed by atoms with Gasteiger partial charge in [-0.1, -0.05) is 6.07 Å². The summed E-state index contributed by atoms with van der Waals surface area (Å²) in [6.07, 6.45) is 2.24. The van der Waals surface area contributed by atoms with Crippen LogP contribution in [0.25, 0.3) is 0 Å². The molecule has 2 aliphatic rings. The van der Waals surface area contributed by atoms with E-state index in [1.165, 1.54) is 23.1 Å². The van der Waals surface area contributed by atoms with Gasteiger partial charge >= 0.3 is 0 Å². The second-order valence-corrected chi connectivity index (χ2v) is 6.68. The van der Waals surface area contributed by atoms with E-state index in [1.54, 1.807) is 19.1 Å². The highest BCUT2D eigenvalue weighted by Gasteiger charge is 2.34. The van der Waals surface area contributed by atoms with Crippen LogP contribution in [0.2, 0.25) is 0 Å². The summed E-state index contributed by atoms with van der Waals surface area (Å²) >= 11 is 1.90. The quantitative estimate of drug-likeness (QED) is 0.848. The smallest absolute Gasteiger partial charge is 0.165 e. The molecule has 2 aliphatic heterocycles. The summed E-state index contributed by atoms with van der Waals surface area (Å²) in [6, 6.07) is 7.08.